The first-order valence-electron chi connectivity index (χ1n) is 9.75. The Hall–Kier alpha value is -2.76. The number of alkyl halides is 3. The number of nitrogens with one attached hydrogen (secondary N) is 1. The highest BCUT2D eigenvalue weighted by atomic mass is 32.2. The summed E-state index contributed by atoms with van der Waals surface area (Å²) in [5, 5.41) is 14.8. The molecule has 166 valence electrons. The number of rotatable bonds is 1. The average molecular weight is 455 g/mol. The zero-order valence-corrected chi connectivity index (χ0v) is 17.2. The number of pyridine rings is 1. The van der Waals surface area contributed by atoms with Crippen LogP contribution in [0.5, 0.6) is 0 Å². The van der Waals surface area contributed by atoms with E-state index in [1.807, 2.05) is 22.6 Å². The molecular weight excluding hydrogens is 435 g/mol. The quantitative estimate of drug-likeness (QED) is 0.678. The summed E-state index contributed by atoms with van der Waals surface area (Å²) < 4.78 is 33.6. The number of halogens is 3. The lowest BCUT2D eigenvalue weighted by molar-refractivity contribution is -0.192. The Morgan fingerprint density at radius 2 is 1.90 bits per heavy atom. The van der Waals surface area contributed by atoms with Gasteiger partial charge in [-0.05, 0) is 24.5 Å². The minimum atomic E-state index is -5.08. The molecule has 1 amide bonds. The van der Waals surface area contributed by atoms with E-state index >= 15 is 0 Å². The molecule has 0 atom stereocenters. The highest BCUT2D eigenvalue weighted by Gasteiger charge is 2.38. The fraction of sp³-hybridized carbons (Fsp3) is 0.474. The van der Waals surface area contributed by atoms with E-state index in [-0.39, 0.29) is 5.91 Å². The number of carbonyl (C=O) groups is 2. The number of carboxylic acids is 1. The molecule has 4 heterocycles. The summed E-state index contributed by atoms with van der Waals surface area (Å²) >= 11 is 2.00. The predicted octanol–water partition coefficient (Wildman–Crippen LogP) is 1.97. The van der Waals surface area contributed by atoms with Gasteiger partial charge in [0.15, 0.2) is 0 Å². The molecule has 0 saturated carbocycles. The number of carbonyl (C=O) groups excluding carboxylic acids is 1. The number of fused-ring (bicyclic) bond motifs is 5. The van der Waals surface area contributed by atoms with Crippen LogP contribution in [-0.4, -0.2) is 69.1 Å². The minimum absolute atomic E-state index is 0.0146. The molecule has 2 aliphatic heterocycles. The first kappa shape index (κ1) is 21.5. The van der Waals surface area contributed by atoms with Crippen LogP contribution in [0.3, 0.4) is 0 Å². The molecule has 1 fully saturated rings. The van der Waals surface area contributed by atoms with Gasteiger partial charge in [0, 0.05) is 48.5 Å². The molecule has 8 nitrogen and oxygen atoms in total. The Morgan fingerprint density at radius 1 is 1.19 bits per heavy atom. The second-order valence-corrected chi connectivity index (χ2v) is 8.48. The normalized spacial score (nSPS) is 17.5. The molecule has 0 unspecified atom stereocenters. The van der Waals surface area contributed by atoms with Crippen LogP contribution in [0.4, 0.5) is 19.0 Å². The third kappa shape index (κ3) is 4.34. The van der Waals surface area contributed by atoms with Crippen LogP contribution in [0.15, 0.2) is 12.3 Å². The predicted molar refractivity (Wildman–Crippen MR) is 108 cm³/mol. The molecule has 2 N–H and O–H groups in total. The van der Waals surface area contributed by atoms with Crippen molar-refractivity contribution in [3.63, 3.8) is 0 Å². The van der Waals surface area contributed by atoms with Crippen LogP contribution in [0, 0.1) is 0 Å². The van der Waals surface area contributed by atoms with E-state index in [2.05, 4.69) is 21.3 Å². The number of aryl methyl sites for hydroxylation is 1. The van der Waals surface area contributed by atoms with Crippen LogP contribution in [-0.2, 0) is 24.2 Å². The molecule has 12 heteroatoms. The summed E-state index contributed by atoms with van der Waals surface area (Å²) in [4.78, 5) is 28.2. The molecule has 0 spiro atoms. The molecule has 0 bridgehead atoms. The SMILES string of the molecule is O=C(O)C(F)(F)F.O=C1NCCn2nc3c(c21)CCc1cnc(N2CCSCC2)cc1-3. The lowest BCUT2D eigenvalue weighted by Crippen LogP contribution is -2.36. The number of aliphatic carboxylic acids is 1. The molecule has 1 aliphatic carbocycles. The van der Waals surface area contributed by atoms with Gasteiger partial charge >= 0.3 is 12.1 Å². The van der Waals surface area contributed by atoms with Gasteiger partial charge in [-0.1, -0.05) is 0 Å². The Kier molecular flexibility index (Phi) is 5.82. The zero-order chi connectivity index (χ0) is 22.2. The molecule has 31 heavy (non-hydrogen) atoms. The topological polar surface area (TPSA) is 100 Å². The van der Waals surface area contributed by atoms with Crippen molar-refractivity contribution >= 4 is 29.5 Å². The van der Waals surface area contributed by atoms with Crippen molar-refractivity contribution in [3.8, 4) is 11.3 Å². The Balaban J connectivity index is 0.000000289. The highest BCUT2D eigenvalue weighted by Crippen LogP contribution is 2.36. The summed E-state index contributed by atoms with van der Waals surface area (Å²) in [6.07, 6.45) is -1.28. The number of aromatic nitrogens is 3. The third-order valence-corrected chi connectivity index (χ3v) is 6.27. The molecule has 3 aliphatic rings. The Bertz CT molecular complexity index is 1020. The lowest BCUT2D eigenvalue weighted by Gasteiger charge is -2.28. The molecule has 0 aromatic carbocycles. The van der Waals surface area contributed by atoms with Gasteiger partial charge in [-0.15, -0.1) is 0 Å². The van der Waals surface area contributed by atoms with Crippen molar-refractivity contribution in [2.24, 2.45) is 0 Å². The molecule has 2 aromatic rings. The highest BCUT2D eigenvalue weighted by molar-refractivity contribution is 7.99. The number of thioether (sulfide) groups is 1. The van der Waals surface area contributed by atoms with Crippen LogP contribution >= 0.6 is 11.8 Å². The van der Waals surface area contributed by atoms with Crippen LogP contribution in [0.2, 0.25) is 0 Å². The van der Waals surface area contributed by atoms with E-state index in [0.29, 0.717) is 6.54 Å². The van der Waals surface area contributed by atoms with Gasteiger partial charge in [-0.25, -0.2) is 9.78 Å². The maximum absolute atomic E-state index is 12.3. The molecule has 0 radical (unpaired) electrons. The first-order chi connectivity index (χ1) is 14.8. The van der Waals surface area contributed by atoms with Gasteiger partial charge in [0.25, 0.3) is 5.91 Å². The number of anilines is 1. The average Bonchev–Trinajstić information content (AvgIpc) is 3.14. The van der Waals surface area contributed by atoms with Crippen molar-refractivity contribution in [1.29, 1.82) is 0 Å². The third-order valence-electron chi connectivity index (χ3n) is 5.32. The Morgan fingerprint density at radius 3 is 2.58 bits per heavy atom. The van der Waals surface area contributed by atoms with Gasteiger partial charge in [0.05, 0.1) is 12.2 Å². The number of hydrogen-bond donors (Lipinski definition) is 2. The minimum Gasteiger partial charge on any atom is -0.475 e. The number of carboxylic acid groups (broad SMARTS) is 1. The van der Waals surface area contributed by atoms with E-state index in [9.17, 15) is 18.0 Å². The van der Waals surface area contributed by atoms with E-state index < -0.39 is 12.1 Å². The summed E-state index contributed by atoms with van der Waals surface area (Å²) in [7, 11) is 0. The van der Waals surface area contributed by atoms with Gasteiger partial charge in [-0.3, -0.25) is 9.48 Å². The maximum atomic E-state index is 12.3. The molecule has 5 rings (SSSR count). The zero-order valence-electron chi connectivity index (χ0n) is 16.4. The summed E-state index contributed by atoms with van der Waals surface area (Å²) in [5.41, 5.74) is 5.25. The molecular formula is C19H20F3N5O3S. The molecule has 1 saturated heterocycles. The van der Waals surface area contributed by atoms with E-state index in [0.717, 1.165) is 72.3 Å². The lowest BCUT2D eigenvalue weighted by atomic mass is 9.90. The van der Waals surface area contributed by atoms with E-state index in [4.69, 9.17) is 15.0 Å². The van der Waals surface area contributed by atoms with Crippen molar-refractivity contribution in [3.05, 3.63) is 29.1 Å². The monoisotopic (exact) mass is 455 g/mol. The summed E-state index contributed by atoms with van der Waals surface area (Å²) in [5.74, 6) is 0.608. The smallest absolute Gasteiger partial charge is 0.475 e. The van der Waals surface area contributed by atoms with Crippen LogP contribution in [0.1, 0.15) is 21.6 Å². The number of hydrogen-bond acceptors (Lipinski definition) is 6. The van der Waals surface area contributed by atoms with Crippen molar-refractivity contribution in [2.75, 3.05) is 36.0 Å². The van der Waals surface area contributed by atoms with Crippen LogP contribution in [0.25, 0.3) is 11.3 Å². The summed E-state index contributed by atoms with van der Waals surface area (Å²) in [6, 6.07) is 2.18. The standard InChI is InChI=1S/C17H19N5OS.C2HF3O2/c23-17-16-12-2-1-11-10-19-14(21-5-7-24-8-6-21)9-13(11)15(12)20-22(16)4-3-18-17;3-2(4,5)1(6)7/h9-10H,1-8H2,(H,18,23);(H,6,7). The fourth-order valence-electron chi connectivity index (χ4n) is 3.84. The first-order valence-corrected chi connectivity index (χ1v) is 10.9. The Labute approximate surface area is 179 Å². The van der Waals surface area contributed by atoms with E-state index in [1.54, 1.807) is 0 Å². The van der Waals surface area contributed by atoms with Gasteiger partial charge < -0.3 is 15.3 Å². The summed E-state index contributed by atoms with van der Waals surface area (Å²) in [6.45, 7) is 3.51. The second kappa shape index (κ2) is 8.40. The van der Waals surface area contributed by atoms with Gasteiger partial charge in [0.2, 0.25) is 0 Å². The largest absolute Gasteiger partial charge is 0.490 e. The van der Waals surface area contributed by atoms with Crippen molar-refractivity contribution in [1.82, 2.24) is 20.1 Å². The number of nitrogens with zero attached hydrogens (tertiary/aromatic N) is 4. The van der Waals surface area contributed by atoms with Crippen molar-refractivity contribution < 1.29 is 27.9 Å². The van der Waals surface area contributed by atoms with Gasteiger partial charge in [0.1, 0.15) is 11.5 Å². The fourth-order valence-corrected chi connectivity index (χ4v) is 4.75. The van der Waals surface area contributed by atoms with Crippen LogP contribution < -0.4 is 10.2 Å². The van der Waals surface area contributed by atoms with Crippen molar-refractivity contribution in [2.45, 2.75) is 25.6 Å². The van der Waals surface area contributed by atoms with Gasteiger partial charge in [-0.2, -0.15) is 30.0 Å². The second-order valence-electron chi connectivity index (χ2n) is 7.26. The maximum Gasteiger partial charge on any atom is 0.490 e. The molecule has 2 aromatic heterocycles. The van der Waals surface area contributed by atoms with E-state index in [1.165, 1.54) is 5.56 Å². The number of amides is 1.